The summed E-state index contributed by atoms with van der Waals surface area (Å²) in [7, 11) is 0. The van der Waals surface area contributed by atoms with Crippen molar-refractivity contribution in [1.29, 1.82) is 0 Å². The Balaban J connectivity index is 2.78. The third-order valence-corrected chi connectivity index (χ3v) is 2.20. The molecule has 0 unspecified atom stereocenters. The fourth-order valence-corrected chi connectivity index (χ4v) is 1.52. The Bertz CT molecular complexity index is 211. The smallest absolute Gasteiger partial charge is 0.0204 e. The molecule has 1 aliphatic heterocycles. The number of hydrogen-bond donors (Lipinski definition) is 1. The second-order valence-electron chi connectivity index (χ2n) is 3.02. The Morgan fingerprint density at radius 1 is 1.42 bits per heavy atom. The third kappa shape index (κ3) is 2.35. The van der Waals surface area contributed by atoms with Crippen molar-refractivity contribution in [1.82, 2.24) is 5.32 Å². The Hall–Kier alpha value is -0.820. The van der Waals surface area contributed by atoms with Gasteiger partial charge in [-0.1, -0.05) is 24.8 Å². The molecule has 0 aliphatic carbocycles. The van der Waals surface area contributed by atoms with E-state index in [0.717, 1.165) is 13.1 Å². The van der Waals surface area contributed by atoms with Gasteiger partial charge in [0.15, 0.2) is 0 Å². The predicted octanol–water partition coefficient (Wildman–Crippen LogP) is 2.43. The van der Waals surface area contributed by atoms with Crippen molar-refractivity contribution in [3.05, 3.63) is 36.0 Å². The average Bonchev–Trinajstić information content (AvgIpc) is 2.30. The normalized spacial score (nSPS) is 25.8. The first-order chi connectivity index (χ1) is 5.88. The van der Waals surface area contributed by atoms with Gasteiger partial charge in [-0.25, -0.2) is 0 Å². The lowest BCUT2D eigenvalue weighted by atomic mass is 10.0. The van der Waals surface area contributed by atoms with Crippen LogP contribution < -0.4 is 5.32 Å². The van der Waals surface area contributed by atoms with Gasteiger partial charge in [0.05, 0.1) is 0 Å². The molecule has 0 saturated carbocycles. The summed E-state index contributed by atoms with van der Waals surface area (Å²) in [5, 5.41) is 3.39. The van der Waals surface area contributed by atoms with Crippen molar-refractivity contribution in [2.45, 2.75) is 19.8 Å². The van der Waals surface area contributed by atoms with Gasteiger partial charge in [0.1, 0.15) is 0 Å². The summed E-state index contributed by atoms with van der Waals surface area (Å²) in [5.74, 6) is 0. The largest absolute Gasteiger partial charge is 0.313 e. The molecule has 0 bridgehead atoms. The van der Waals surface area contributed by atoms with E-state index < -0.39 is 0 Å². The van der Waals surface area contributed by atoms with E-state index in [-0.39, 0.29) is 0 Å². The second-order valence-corrected chi connectivity index (χ2v) is 3.02. The molecule has 1 rings (SSSR count). The molecule has 1 heteroatoms. The maximum atomic E-state index is 3.73. The van der Waals surface area contributed by atoms with Crippen LogP contribution in [-0.2, 0) is 0 Å². The van der Waals surface area contributed by atoms with Crippen LogP contribution in [0.3, 0.4) is 0 Å². The number of rotatable bonds is 1. The minimum Gasteiger partial charge on any atom is -0.313 e. The number of allylic oxidation sites excluding steroid dienone is 3. The first kappa shape index (κ1) is 9.27. The Morgan fingerprint density at radius 3 is 2.92 bits per heavy atom. The molecular formula is C11H17N. The zero-order chi connectivity index (χ0) is 8.81. The van der Waals surface area contributed by atoms with Crippen LogP contribution in [0.5, 0.6) is 0 Å². The SMILES string of the molecule is C=C/C=C1/CCCNC/C1=C/C. The van der Waals surface area contributed by atoms with E-state index in [1.54, 1.807) is 0 Å². The summed E-state index contributed by atoms with van der Waals surface area (Å²) in [6, 6.07) is 0. The highest BCUT2D eigenvalue weighted by Gasteiger charge is 2.06. The molecule has 12 heavy (non-hydrogen) atoms. The van der Waals surface area contributed by atoms with Crippen LogP contribution in [0.25, 0.3) is 0 Å². The summed E-state index contributed by atoms with van der Waals surface area (Å²) in [6.07, 6.45) is 8.61. The van der Waals surface area contributed by atoms with Crippen LogP contribution in [0.1, 0.15) is 19.8 Å². The Labute approximate surface area is 74.9 Å². The van der Waals surface area contributed by atoms with Crippen LogP contribution >= 0.6 is 0 Å². The van der Waals surface area contributed by atoms with Crippen molar-refractivity contribution in [3.63, 3.8) is 0 Å². The molecule has 0 aromatic heterocycles. The van der Waals surface area contributed by atoms with Gasteiger partial charge in [-0.05, 0) is 37.5 Å². The van der Waals surface area contributed by atoms with E-state index in [1.807, 2.05) is 6.08 Å². The van der Waals surface area contributed by atoms with Gasteiger partial charge < -0.3 is 5.32 Å². The maximum Gasteiger partial charge on any atom is 0.0204 e. The topological polar surface area (TPSA) is 12.0 Å². The van der Waals surface area contributed by atoms with E-state index in [2.05, 4.69) is 31.0 Å². The summed E-state index contributed by atoms with van der Waals surface area (Å²) >= 11 is 0. The average molecular weight is 163 g/mol. The van der Waals surface area contributed by atoms with Crippen LogP contribution in [0, 0.1) is 0 Å². The van der Waals surface area contributed by atoms with Crippen molar-refractivity contribution in [2.75, 3.05) is 13.1 Å². The van der Waals surface area contributed by atoms with Gasteiger partial charge in [0.25, 0.3) is 0 Å². The highest BCUT2D eigenvalue weighted by Crippen LogP contribution is 2.17. The molecule has 0 aromatic rings. The van der Waals surface area contributed by atoms with E-state index in [0.29, 0.717) is 0 Å². The molecular weight excluding hydrogens is 146 g/mol. The maximum absolute atomic E-state index is 3.73. The second kappa shape index (κ2) is 4.94. The number of nitrogens with one attached hydrogen (secondary N) is 1. The lowest BCUT2D eigenvalue weighted by Crippen LogP contribution is -2.15. The van der Waals surface area contributed by atoms with Crippen LogP contribution in [0.15, 0.2) is 36.0 Å². The molecule has 0 amide bonds. The molecule has 66 valence electrons. The molecule has 1 saturated heterocycles. The lowest BCUT2D eigenvalue weighted by molar-refractivity contribution is 0.722. The van der Waals surface area contributed by atoms with E-state index in [4.69, 9.17) is 0 Å². The highest BCUT2D eigenvalue weighted by atomic mass is 14.9. The molecule has 1 aliphatic rings. The monoisotopic (exact) mass is 163 g/mol. The van der Waals surface area contributed by atoms with E-state index >= 15 is 0 Å². The molecule has 0 radical (unpaired) electrons. The number of hydrogen-bond acceptors (Lipinski definition) is 1. The summed E-state index contributed by atoms with van der Waals surface area (Å²) in [5.41, 5.74) is 2.87. The van der Waals surface area contributed by atoms with Crippen LogP contribution in [0.2, 0.25) is 0 Å². The van der Waals surface area contributed by atoms with E-state index in [9.17, 15) is 0 Å². The zero-order valence-corrected chi connectivity index (χ0v) is 7.77. The van der Waals surface area contributed by atoms with Crippen LogP contribution in [0.4, 0.5) is 0 Å². The van der Waals surface area contributed by atoms with Gasteiger partial charge in [-0.2, -0.15) is 0 Å². The fraction of sp³-hybridized carbons (Fsp3) is 0.455. The van der Waals surface area contributed by atoms with Crippen LogP contribution in [-0.4, -0.2) is 13.1 Å². The zero-order valence-electron chi connectivity index (χ0n) is 7.77. The molecule has 1 fully saturated rings. The molecule has 1 nitrogen and oxygen atoms in total. The van der Waals surface area contributed by atoms with E-state index in [1.165, 1.54) is 24.0 Å². The third-order valence-electron chi connectivity index (χ3n) is 2.20. The highest BCUT2D eigenvalue weighted by molar-refractivity contribution is 5.34. The minimum atomic E-state index is 1.01. The standard InChI is InChI=1S/C11H17N/c1-3-6-11-7-5-8-12-9-10(11)4-2/h3-4,6,12H,1,5,7-9H2,2H3/b10-4-,11-6-. The summed E-state index contributed by atoms with van der Waals surface area (Å²) < 4.78 is 0. The van der Waals surface area contributed by atoms with Gasteiger partial charge in [-0.15, -0.1) is 0 Å². The van der Waals surface area contributed by atoms with Gasteiger partial charge in [0, 0.05) is 6.54 Å². The van der Waals surface area contributed by atoms with Crippen molar-refractivity contribution in [2.24, 2.45) is 0 Å². The molecule has 1 N–H and O–H groups in total. The van der Waals surface area contributed by atoms with Crippen molar-refractivity contribution >= 4 is 0 Å². The predicted molar refractivity (Wildman–Crippen MR) is 54.1 cm³/mol. The van der Waals surface area contributed by atoms with Crippen molar-refractivity contribution < 1.29 is 0 Å². The molecule has 0 spiro atoms. The Morgan fingerprint density at radius 2 is 2.25 bits per heavy atom. The van der Waals surface area contributed by atoms with Gasteiger partial charge in [-0.3, -0.25) is 0 Å². The van der Waals surface area contributed by atoms with Crippen molar-refractivity contribution in [3.8, 4) is 0 Å². The van der Waals surface area contributed by atoms with Gasteiger partial charge in [0.2, 0.25) is 0 Å². The summed E-state index contributed by atoms with van der Waals surface area (Å²) in [6.45, 7) is 7.97. The molecule has 0 aromatic carbocycles. The summed E-state index contributed by atoms with van der Waals surface area (Å²) in [4.78, 5) is 0. The quantitative estimate of drug-likeness (QED) is 0.626. The fourth-order valence-electron chi connectivity index (χ4n) is 1.52. The first-order valence-corrected chi connectivity index (χ1v) is 4.56. The lowest BCUT2D eigenvalue weighted by Gasteiger charge is -2.05. The first-order valence-electron chi connectivity index (χ1n) is 4.56. The Kier molecular flexibility index (Phi) is 3.81. The minimum absolute atomic E-state index is 1.01. The van der Waals surface area contributed by atoms with Gasteiger partial charge >= 0.3 is 0 Å². The molecule has 0 atom stereocenters. The molecule has 1 heterocycles.